The Morgan fingerprint density at radius 2 is 1.56 bits per heavy atom. The fourth-order valence-corrected chi connectivity index (χ4v) is 3.21. The minimum atomic E-state index is -0.193. The van der Waals surface area contributed by atoms with E-state index in [4.69, 9.17) is 4.74 Å². The van der Waals surface area contributed by atoms with Crippen molar-refractivity contribution in [2.75, 3.05) is 39.4 Å². The van der Waals surface area contributed by atoms with E-state index in [0.717, 1.165) is 45.7 Å². The van der Waals surface area contributed by atoms with Crippen LogP contribution in [0.4, 0.5) is 0 Å². The third kappa shape index (κ3) is 5.49. The molecule has 1 amide bonds. The SMILES string of the molecule is O=C(NCCCCN1CCOCC1)c1ccccc1C(=O)c1ccccc1. The minimum absolute atomic E-state index is 0.131. The Balaban J connectivity index is 1.52. The number of unbranched alkanes of at least 4 members (excludes halogenated alkanes) is 1. The van der Waals surface area contributed by atoms with E-state index < -0.39 is 0 Å². The van der Waals surface area contributed by atoms with Gasteiger partial charge in [0, 0.05) is 30.8 Å². The molecule has 1 aliphatic heterocycles. The molecule has 5 nitrogen and oxygen atoms in total. The number of nitrogens with one attached hydrogen (secondary N) is 1. The Hall–Kier alpha value is -2.50. The normalized spacial score (nSPS) is 14.7. The maximum Gasteiger partial charge on any atom is 0.252 e. The predicted molar refractivity (Wildman–Crippen MR) is 105 cm³/mol. The van der Waals surface area contributed by atoms with Crippen LogP contribution in [0.15, 0.2) is 54.6 Å². The van der Waals surface area contributed by atoms with Gasteiger partial charge in [0.25, 0.3) is 5.91 Å². The fraction of sp³-hybridized carbons (Fsp3) is 0.364. The van der Waals surface area contributed by atoms with E-state index in [2.05, 4.69) is 10.2 Å². The first-order chi connectivity index (χ1) is 13.3. The van der Waals surface area contributed by atoms with Crippen LogP contribution >= 0.6 is 0 Å². The van der Waals surface area contributed by atoms with Crippen LogP contribution in [0.5, 0.6) is 0 Å². The predicted octanol–water partition coefficient (Wildman–Crippen LogP) is 2.76. The summed E-state index contributed by atoms with van der Waals surface area (Å²) in [7, 11) is 0. The highest BCUT2D eigenvalue weighted by molar-refractivity contribution is 6.15. The van der Waals surface area contributed by atoms with Gasteiger partial charge >= 0.3 is 0 Å². The fourth-order valence-electron chi connectivity index (χ4n) is 3.21. The second-order valence-electron chi connectivity index (χ2n) is 6.66. The van der Waals surface area contributed by atoms with Crippen LogP contribution in [0.3, 0.4) is 0 Å². The zero-order valence-corrected chi connectivity index (χ0v) is 15.5. The van der Waals surface area contributed by atoms with E-state index in [1.54, 1.807) is 36.4 Å². The monoisotopic (exact) mass is 366 g/mol. The number of morpholine rings is 1. The number of rotatable bonds is 8. The highest BCUT2D eigenvalue weighted by atomic mass is 16.5. The smallest absolute Gasteiger partial charge is 0.252 e. The van der Waals surface area contributed by atoms with Gasteiger partial charge in [-0.2, -0.15) is 0 Å². The Bertz CT molecular complexity index is 755. The number of carbonyl (C=O) groups is 2. The van der Waals surface area contributed by atoms with E-state index >= 15 is 0 Å². The van der Waals surface area contributed by atoms with E-state index in [1.165, 1.54) is 0 Å². The summed E-state index contributed by atoms with van der Waals surface area (Å²) in [6.45, 7) is 5.23. The molecule has 27 heavy (non-hydrogen) atoms. The van der Waals surface area contributed by atoms with Crippen molar-refractivity contribution >= 4 is 11.7 Å². The largest absolute Gasteiger partial charge is 0.379 e. The van der Waals surface area contributed by atoms with E-state index in [9.17, 15) is 9.59 Å². The standard InChI is InChI=1S/C22H26N2O3/c25-21(18-8-2-1-3-9-18)19-10-4-5-11-20(19)22(26)23-12-6-7-13-24-14-16-27-17-15-24/h1-5,8-11H,6-7,12-17H2,(H,23,26). The van der Waals surface area contributed by atoms with Crippen LogP contribution in [0, 0.1) is 0 Å². The number of nitrogens with zero attached hydrogens (tertiary/aromatic N) is 1. The summed E-state index contributed by atoms with van der Waals surface area (Å²) < 4.78 is 5.34. The number of hydrogen-bond acceptors (Lipinski definition) is 4. The molecule has 0 spiro atoms. The number of carbonyl (C=O) groups excluding carboxylic acids is 2. The molecule has 2 aromatic carbocycles. The Labute approximate surface area is 160 Å². The molecule has 142 valence electrons. The molecule has 0 unspecified atom stereocenters. The lowest BCUT2D eigenvalue weighted by molar-refractivity contribution is 0.0372. The summed E-state index contributed by atoms with van der Waals surface area (Å²) in [6.07, 6.45) is 1.95. The molecular formula is C22H26N2O3. The molecule has 0 radical (unpaired) electrons. The van der Waals surface area contributed by atoms with Gasteiger partial charge in [0.2, 0.25) is 0 Å². The molecule has 1 heterocycles. The van der Waals surface area contributed by atoms with Gasteiger partial charge in [-0.25, -0.2) is 0 Å². The van der Waals surface area contributed by atoms with Crippen LogP contribution < -0.4 is 5.32 Å². The van der Waals surface area contributed by atoms with Gasteiger partial charge in [-0.05, 0) is 25.5 Å². The number of hydrogen-bond donors (Lipinski definition) is 1. The summed E-state index contributed by atoms with van der Waals surface area (Å²) in [5.74, 6) is -0.324. The quantitative estimate of drug-likeness (QED) is 0.577. The van der Waals surface area contributed by atoms with Crippen molar-refractivity contribution in [3.63, 3.8) is 0 Å². The number of amides is 1. The average molecular weight is 366 g/mol. The molecule has 1 fully saturated rings. The molecule has 1 aliphatic rings. The van der Waals surface area contributed by atoms with Gasteiger partial charge in [-0.3, -0.25) is 14.5 Å². The van der Waals surface area contributed by atoms with Gasteiger partial charge < -0.3 is 10.1 Å². The second-order valence-corrected chi connectivity index (χ2v) is 6.66. The number of ketones is 1. The first-order valence-electron chi connectivity index (χ1n) is 9.53. The summed E-state index contributed by atoms with van der Waals surface area (Å²) >= 11 is 0. The lowest BCUT2D eigenvalue weighted by Crippen LogP contribution is -2.37. The Morgan fingerprint density at radius 3 is 2.30 bits per heavy atom. The van der Waals surface area contributed by atoms with Crippen LogP contribution in [-0.2, 0) is 4.74 Å². The Kier molecular flexibility index (Phi) is 7.13. The van der Waals surface area contributed by atoms with Gasteiger partial charge in [0.1, 0.15) is 0 Å². The molecule has 0 saturated carbocycles. The molecule has 5 heteroatoms. The van der Waals surface area contributed by atoms with Crippen molar-refractivity contribution in [2.45, 2.75) is 12.8 Å². The van der Waals surface area contributed by atoms with Crippen molar-refractivity contribution in [1.29, 1.82) is 0 Å². The maximum atomic E-state index is 12.7. The average Bonchev–Trinajstić information content (AvgIpc) is 2.74. The molecule has 1 saturated heterocycles. The molecule has 2 aromatic rings. The zero-order valence-electron chi connectivity index (χ0n) is 15.5. The van der Waals surface area contributed by atoms with Gasteiger partial charge in [-0.1, -0.05) is 48.5 Å². The van der Waals surface area contributed by atoms with Crippen LogP contribution in [-0.4, -0.2) is 56.0 Å². The minimum Gasteiger partial charge on any atom is -0.379 e. The lowest BCUT2D eigenvalue weighted by Gasteiger charge is -2.26. The lowest BCUT2D eigenvalue weighted by atomic mass is 9.98. The first kappa shape index (κ1) is 19.3. The topological polar surface area (TPSA) is 58.6 Å². The molecule has 0 bridgehead atoms. The summed E-state index contributed by atoms with van der Waals surface area (Å²) in [6, 6.07) is 16.0. The Morgan fingerprint density at radius 1 is 0.889 bits per heavy atom. The maximum absolute atomic E-state index is 12.7. The molecule has 3 rings (SSSR count). The summed E-state index contributed by atoms with van der Waals surface area (Å²) in [5.41, 5.74) is 1.46. The van der Waals surface area contributed by atoms with Crippen molar-refractivity contribution in [3.05, 3.63) is 71.3 Å². The van der Waals surface area contributed by atoms with Crippen LogP contribution in [0.25, 0.3) is 0 Å². The summed E-state index contributed by atoms with van der Waals surface area (Å²) in [5, 5.41) is 2.95. The van der Waals surface area contributed by atoms with Gasteiger partial charge in [0.05, 0.1) is 18.8 Å². The molecule has 0 atom stereocenters. The third-order valence-electron chi connectivity index (χ3n) is 4.74. The number of ether oxygens (including phenoxy) is 1. The molecule has 1 N–H and O–H groups in total. The number of benzene rings is 2. The second kappa shape index (κ2) is 10.00. The van der Waals surface area contributed by atoms with Crippen molar-refractivity contribution in [1.82, 2.24) is 10.2 Å². The highest BCUT2D eigenvalue weighted by Crippen LogP contribution is 2.15. The van der Waals surface area contributed by atoms with Gasteiger partial charge in [0.15, 0.2) is 5.78 Å². The molecule has 0 aliphatic carbocycles. The third-order valence-corrected chi connectivity index (χ3v) is 4.74. The van der Waals surface area contributed by atoms with E-state index in [-0.39, 0.29) is 11.7 Å². The molecule has 0 aromatic heterocycles. The molecular weight excluding hydrogens is 340 g/mol. The van der Waals surface area contributed by atoms with E-state index in [0.29, 0.717) is 23.2 Å². The van der Waals surface area contributed by atoms with Crippen LogP contribution in [0.2, 0.25) is 0 Å². The first-order valence-corrected chi connectivity index (χ1v) is 9.53. The van der Waals surface area contributed by atoms with Crippen molar-refractivity contribution < 1.29 is 14.3 Å². The van der Waals surface area contributed by atoms with Crippen LogP contribution in [0.1, 0.15) is 39.1 Å². The summed E-state index contributed by atoms with van der Waals surface area (Å²) in [4.78, 5) is 27.7. The van der Waals surface area contributed by atoms with Gasteiger partial charge in [-0.15, -0.1) is 0 Å². The zero-order chi connectivity index (χ0) is 18.9. The van der Waals surface area contributed by atoms with Crippen molar-refractivity contribution in [2.24, 2.45) is 0 Å². The van der Waals surface area contributed by atoms with Crippen molar-refractivity contribution in [3.8, 4) is 0 Å². The van der Waals surface area contributed by atoms with E-state index in [1.807, 2.05) is 18.2 Å². The highest BCUT2D eigenvalue weighted by Gasteiger charge is 2.17.